The molecule has 4 rings (SSSR count). The van der Waals surface area contributed by atoms with Crippen LogP contribution in [0, 0.1) is 0 Å². The van der Waals surface area contributed by atoms with Crippen molar-refractivity contribution in [3.05, 3.63) is 72.3 Å². The third kappa shape index (κ3) is 1.25. The van der Waals surface area contributed by atoms with Crippen LogP contribution in [-0.2, 0) is 0 Å². The Kier molecular flexibility index (Phi) is 1.99. The maximum Gasteiger partial charge on any atom is 0.278 e. The lowest BCUT2D eigenvalue weighted by molar-refractivity contribution is -0.941. The van der Waals surface area contributed by atoms with Crippen LogP contribution in [0.3, 0.4) is 0 Å². The summed E-state index contributed by atoms with van der Waals surface area (Å²) in [5.74, 6) is 1.23. The zero-order valence-electron chi connectivity index (χ0n) is 9.88. The molecule has 4 nitrogen and oxygen atoms in total. The molecule has 0 spiro atoms. The number of quaternary nitrogens is 2. The summed E-state index contributed by atoms with van der Waals surface area (Å²) in [5, 5.41) is 10.2. The Morgan fingerprint density at radius 3 is 3.00 bits per heavy atom. The van der Waals surface area contributed by atoms with Crippen molar-refractivity contribution in [1.29, 1.82) is 0 Å². The number of aliphatic hydroxyl groups excluding tert-OH is 1. The fourth-order valence-electron chi connectivity index (χ4n) is 2.96. The van der Waals surface area contributed by atoms with Gasteiger partial charge in [0.05, 0.1) is 0 Å². The number of aliphatic hydroxyl groups is 1. The highest BCUT2D eigenvalue weighted by Crippen LogP contribution is 2.21. The maximum absolute atomic E-state index is 10.2. The molecule has 2 unspecified atom stereocenters. The monoisotopic (exact) mass is 241 g/mol. The highest BCUT2D eigenvalue weighted by Gasteiger charge is 2.45. The maximum atomic E-state index is 10.2. The third-order valence-corrected chi connectivity index (χ3v) is 3.75. The van der Waals surface area contributed by atoms with E-state index in [1.54, 1.807) is 0 Å². The summed E-state index contributed by atoms with van der Waals surface area (Å²) in [7, 11) is 0. The molecular formula is C14H15N3O+2. The summed E-state index contributed by atoms with van der Waals surface area (Å²) >= 11 is 0. The van der Waals surface area contributed by atoms with Crippen LogP contribution < -0.4 is 9.80 Å². The van der Waals surface area contributed by atoms with E-state index >= 15 is 0 Å². The minimum absolute atomic E-state index is 0.383. The number of nitrogens with one attached hydrogen (secondary N) is 2. The average Bonchev–Trinajstić information content (AvgIpc) is 2.77. The number of hydrogen-bond acceptors (Lipinski definition) is 2. The normalized spacial score (nSPS) is 35.5. The fraction of sp³-hybridized carbons (Fsp3) is 0.143. The Hall–Kier alpha value is -1.88. The summed E-state index contributed by atoms with van der Waals surface area (Å²) in [6.45, 7) is 0.702. The first-order valence-corrected chi connectivity index (χ1v) is 6.21. The number of rotatable bonds is 0. The van der Waals surface area contributed by atoms with E-state index in [1.165, 1.54) is 16.4 Å². The first-order chi connectivity index (χ1) is 8.84. The van der Waals surface area contributed by atoms with Gasteiger partial charge in [-0.15, -0.1) is 0 Å². The molecule has 0 fully saturated rings. The van der Waals surface area contributed by atoms with Gasteiger partial charge in [-0.2, -0.15) is 0 Å². The molecule has 3 atom stereocenters. The molecule has 0 aromatic carbocycles. The second-order valence-electron chi connectivity index (χ2n) is 4.82. The molecule has 4 aliphatic heterocycles. The molecule has 3 N–H and O–H groups in total. The smallest absolute Gasteiger partial charge is 0.278 e. The molecule has 0 aliphatic carbocycles. The minimum atomic E-state index is -0.383. The molecule has 0 amide bonds. The number of hydrogen-bond donors (Lipinski definition) is 3. The van der Waals surface area contributed by atoms with Crippen molar-refractivity contribution in [1.82, 2.24) is 4.90 Å². The molecule has 0 bridgehead atoms. The van der Waals surface area contributed by atoms with Gasteiger partial charge in [-0.25, -0.2) is 9.80 Å². The summed E-state index contributed by atoms with van der Waals surface area (Å²) < 4.78 is 0. The van der Waals surface area contributed by atoms with Crippen LogP contribution in [0.2, 0.25) is 0 Å². The average molecular weight is 241 g/mol. The van der Waals surface area contributed by atoms with E-state index in [2.05, 4.69) is 29.5 Å². The van der Waals surface area contributed by atoms with Crippen LogP contribution >= 0.6 is 0 Å². The van der Waals surface area contributed by atoms with Gasteiger partial charge < -0.3 is 5.11 Å². The number of allylic oxidation sites excluding steroid dienone is 6. The molecule has 0 radical (unpaired) electrons. The highest BCUT2D eigenvalue weighted by molar-refractivity contribution is 5.36. The summed E-state index contributed by atoms with van der Waals surface area (Å²) in [4.78, 5) is 4.47. The lowest BCUT2D eigenvalue weighted by Crippen LogP contribution is -3.23. The molecule has 0 saturated carbocycles. The summed E-state index contributed by atoms with van der Waals surface area (Å²) in [6, 6.07) is 0. The van der Waals surface area contributed by atoms with Gasteiger partial charge in [0.15, 0.2) is 6.54 Å². The van der Waals surface area contributed by atoms with E-state index in [0.29, 0.717) is 6.54 Å². The lowest BCUT2D eigenvalue weighted by Gasteiger charge is -2.31. The molecule has 90 valence electrons. The Bertz CT molecular complexity index is 580. The van der Waals surface area contributed by atoms with Gasteiger partial charge in [0.1, 0.15) is 18.1 Å². The van der Waals surface area contributed by atoms with Gasteiger partial charge in [0, 0.05) is 12.3 Å². The predicted molar refractivity (Wildman–Crippen MR) is 66.3 cm³/mol. The standard InChI is InChI=1S/C14H13N3O/c18-13-10-15-9-11-5-1-3-7-16(11)14(15)12-6-2-4-8-17(12)13/h1-9,13,18H,10H2/p+2/t13-/m1/s1. The van der Waals surface area contributed by atoms with Crippen molar-refractivity contribution in [2.75, 3.05) is 6.54 Å². The topological polar surface area (TPSA) is 32.4 Å². The Labute approximate surface area is 105 Å². The molecule has 0 aromatic heterocycles. The molecular weight excluding hydrogens is 226 g/mol. The number of fused-ring (bicyclic) bond motifs is 4. The van der Waals surface area contributed by atoms with Gasteiger partial charge in [-0.05, 0) is 18.2 Å². The molecule has 4 aliphatic rings. The zero-order chi connectivity index (χ0) is 12.1. The summed E-state index contributed by atoms with van der Waals surface area (Å²) in [6.07, 6.45) is 18.2. The quantitative estimate of drug-likeness (QED) is 0.486. The van der Waals surface area contributed by atoms with Gasteiger partial charge in [-0.3, -0.25) is 4.90 Å². The van der Waals surface area contributed by atoms with Gasteiger partial charge in [0.2, 0.25) is 11.9 Å². The van der Waals surface area contributed by atoms with Crippen molar-refractivity contribution >= 4 is 0 Å². The van der Waals surface area contributed by atoms with Crippen LogP contribution in [0.25, 0.3) is 0 Å². The second kappa shape index (κ2) is 3.55. The van der Waals surface area contributed by atoms with E-state index < -0.39 is 0 Å². The van der Waals surface area contributed by atoms with Gasteiger partial charge >= 0.3 is 0 Å². The van der Waals surface area contributed by atoms with Crippen molar-refractivity contribution in [2.45, 2.75) is 6.23 Å². The van der Waals surface area contributed by atoms with Crippen LogP contribution in [0.4, 0.5) is 0 Å². The van der Waals surface area contributed by atoms with E-state index in [9.17, 15) is 5.11 Å². The summed E-state index contributed by atoms with van der Waals surface area (Å²) in [5.41, 5.74) is 2.34. The Morgan fingerprint density at radius 2 is 2.06 bits per heavy atom. The molecule has 0 saturated heterocycles. The van der Waals surface area contributed by atoms with Crippen LogP contribution in [0.1, 0.15) is 0 Å². The van der Waals surface area contributed by atoms with E-state index in [-0.39, 0.29) is 6.23 Å². The van der Waals surface area contributed by atoms with Crippen LogP contribution in [0.5, 0.6) is 0 Å². The van der Waals surface area contributed by atoms with Crippen LogP contribution in [0.15, 0.2) is 72.3 Å². The van der Waals surface area contributed by atoms with E-state index in [1.807, 2.05) is 30.5 Å². The SMILES string of the molecule is O[C@@H]1C[NH+]2C=C3C=CC=CN3C2=C2C=CC=C[NH+]21. The lowest BCUT2D eigenvalue weighted by atomic mass is 10.2. The second-order valence-corrected chi connectivity index (χ2v) is 4.82. The van der Waals surface area contributed by atoms with E-state index in [4.69, 9.17) is 0 Å². The molecule has 0 aromatic rings. The molecule has 4 heterocycles. The fourth-order valence-corrected chi connectivity index (χ4v) is 2.96. The Balaban J connectivity index is 1.88. The number of nitrogens with zero attached hydrogens (tertiary/aromatic N) is 1. The largest absolute Gasteiger partial charge is 0.340 e. The molecule has 4 heteroatoms. The molecule has 18 heavy (non-hydrogen) atoms. The van der Waals surface area contributed by atoms with Crippen molar-refractivity contribution in [3.8, 4) is 0 Å². The first-order valence-electron chi connectivity index (χ1n) is 6.21. The van der Waals surface area contributed by atoms with E-state index in [0.717, 1.165) is 10.6 Å². The van der Waals surface area contributed by atoms with Crippen LogP contribution in [-0.4, -0.2) is 22.8 Å². The van der Waals surface area contributed by atoms with Gasteiger partial charge in [-0.1, -0.05) is 12.2 Å². The van der Waals surface area contributed by atoms with Crippen molar-refractivity contribution in [2.24, 2.45) is 0 Å². The van der Waals surface area contributed by atoms with Gasteiger partial charge in [0.25, 0.3) is 5.82 Å². The van der Waals surface area contributed by atoms with Crippen molar-refractivity contribution < 1.29 is 14.9 Å². The first kappa shape index (κ1) is 10.1. The minimum Gasteiger partial charge on any atom is -0.340 e. The van der Waals surface area contributed by atoms with Crippen molar-refractivity contribution in [3.63, 3.8) is 0 Å². The zero-order valence-corrected chi connectivity index (χ0v) is 9.88. The predicted octanol–water partition coefficient (Wildman–Crippen LogP) is -1.42. The highest BCUT2D eigenvalue weighted by atomic mass is 16.3. The third-order valence-electron chi connectivity index (χ3n) is 3.75. The Morgan fingerprint density at radius 1 is 1.17 bits per heavy atom.